The van der Waals surface area contributed by atoms with Crippen LogP contribution in [0.2, 0.25) is 0 Å². The fourth-order valence-corrected chi connectivity index (χ4v) is 1.30. The van der Waals surface area contributed by atoms with Crippen LogP contribution in [0.25, 0.3) is 0 Å². The quantitative estimate of drug-likeness (QED) is 0.623. The SMILES string of the molecule is CCOC=C(C#N)S(C)(=O)=O.Cc1ccccc1. The monoisotopic (exact) mass is 267 g/mol. The number of aryl methyl sites for hydroxylation is 1. The zero-order valence-electron chi connectivity index (χ0n) is 10.8. The first-order valence-corrected chi connectivity index (χ1v) is 7.24. The molecule has 98 valence electrons. The van der Waals surface area contributed by atoms with Crippen molar-refractivity contribution >= 4 is 9.84 Å². The number of hydrogen-bond acceptors (Lipinski definition) is 4. The molecule has 1 aromatic carbocycles. The Labute approximate surface area is 108 Å². The third-order valence-electron chi connectivity index (χ3n) is 1.81. The Kier molecular flexibility index (Phi) is 7.48. The minimum absolute atomic E-state index is 0.348. The van der Waals surface area contributed by atoms with Gasteiger partial charge in [-0.05, 0) is 13.8 Å². The molecular formula is C13H17NO3S. The van der Waals surface area contributed by atoms with Crippen LogP contribution in [0.1, 0.15) is 12.5 Å². The number of allylic oxidation sites excluding steroid dienone is 1. The standard InChI is InChI=1S/C7H8.C6H9NO3S/c1-7-5-3-2-4-6-7;1-3-10-5-6(4-7)11(2,8)9/h2-6H,1H3;5H,3H2,1-2H3. The molecule has 0 spiro atoms. The van der Waals surface area contributed by atoms with Gasteiger partial charge in [0, 0.05) is 6.26 Å². The fourth-order valence-electron chi connectivity index (χ4n) is 0.890. The molecule has 18 heavy (non-hydrogen) atoms. The summed E-state index contributed by atoms with van der Waals surface area (Å²) in [5.41, 5.74) is 1.32. The molecule has 0 heterocycles. The van der Waals surface area contributed by atoms with Crippen molar-refractivity contribution < 1.29 is 13.2 Å². The summed E-state index contributed by atoms with van der Waals surface area (Å²) in [6.07, 6.45) is 1.91. The molecule has 0 radical (unpaired) electrons. The van der Waals surface area contributed by atoms with E-state index in [-0.39, 0.29) is 4.91 Å². The number of benzene rings is 1. The number of nitrogens with zero attached hydrogens (tertiary/aromatic N) is 1. The topological polar surface area (TPSA) is 67.2 Å². The first-order chi connectivity index (χ1) is 8.41. The molecule has 0 aliphatic heterocycles. The highest BCUT2D eigenvalue weighted by Crippen LogP contribution is 2.01. The second kappa shape index (κ2) is 8.31. The molecule has 1 aromatic rings. The van der Waals surface area contributed by atoms with Crippen LogP contribution in [0.5, 0.6) is 0 Å². The van der Waals surface area contributed by atoms with Gasteiger partial charge in [-0.15, -0.1) is 0 Å². The second-order valence-corrected chi connectivity index (χ2v) is 5.46. The molecule has 0 unspecified atom stereocenters. The van der Waals surface area contributed by atoms with Gasteiger partial charge in [0.25, 0.3) is 0 Å². The van der Waals surface area contributed by atoms with E-state index in [2.05, 4.69) is 23.8 Å². The zero-order valence-corrected chi connectivity index (χ0v) is 11.6. The molecule has 0 bridgehead atoms. The van der Waals surface area contributed by atoms with Crippen molar-refractivity contribution in [2.24, 2.45) is 0 Å². The summed E-state index contributed by atoms with van der Waals surface area (Å²) in [6, 6.07) is 11.8. The summed E-state index contributed by atoms with van der Waals surface area (Å²) in [5.74, 6) is 0. The van der Waals surface area contributed by atoms with Gasteiger partial charge >= 0.3 is 0 Å². The highest BCUT2D eigenvalue weighted by atomic mass is 32.2. The van der Waals surface area contributed by atoms with Crippen LogP contribution in [0, 0.1) is 18.3 Å². The summed E-state index contributed by atoms with van der Waals surface area (Å²) >= 11 is 0. The lowest BCUT2D eigenvalue weighted by Crippen LogP contribution is -1.99. The Morgan fingerprint density at radius 1 is 1.39 bits per heavy atom. The van der Waals surface area contributed by atoms with E-state index < -0.39 is 9.84 Å². The molecule has 0 saturated heterocycles. The summed E-state index contributed by atoms with van der Waals surface area (Å²) in [6.45, 7) is 4.13. The van der Waals surface area contributed by atoms with E-state index in [1.165, 1.54) is 11.6 Å². The minimum Gasteiger partial charge on any atom is -0.499 e. The molecule has 0 fully saturated rings. The number of ether oxygens (including phenoxy) is 1. The summed E-state index contributed by atoms with van der Waals surface area (Å²) in [7, 11) is -3.41. The maximum absolute atomic E-state index is 10.7. The number of sulfone groups is 1. The van der Waals surface area contributed by atoms with Gasteiger partial charge in [-0.25, -0.2) is 8.42 Å². The summed E-state index contributed by atoms with van der Waals surface area (Å²) in [4.78, 5) is -0.348. The second-order valence-electron chi connectivity index (χ2n) is 3.48. The van der Waals surface area contributed by atoms with Crippen LogP contribution >= 0.6 is 0 Å². The number of nitriles is 1. The zero-order chi connectivity index (χ0) is 14.0. The normalized spacial score (nSPS) is 10.9. The summed E-state index contributed by atoms with van der Waals surface area (Å²) < 4.78 is 26.0. The van der Waals surface area contributed by atoms with E-state index in [9.17, 15) is 8.42 Å². The van der Waals surface area contributed by atoms with Gasteiger partial charge in [0.2, 0.25) is 0 Å². The van der Waals surface area contributed by atoms with Crippen LogP contribution in [0.4, 0.5) is 0 Å². The van der Waals surface area contributed by atoms with Gasteiger partial charge in [0.05, 0.1) is 6.61 Å². The number of rotatable bonds is 3. The van der Waals surface area contributed by atoms with Gasteiger partial charge in [-0.2, -0.15) is 5.26 Å². The van der Waals surface area contributed by atoms with E-state index >= 15 is 0 Å². The largest absolute Gasteiger partial charge is 0.499 e. The molecule has 0 N–H and O–H groups in total. The van der Waals surface area contributed by atoms with E-state index in [1.807, 2.05) is 18.2 Å². The summed E-state index contributed by atoms with van der Waals surface area (Å²) in [5, 5.41) is 8.31. The van der Waals surface area contributed by atoms with Crippen molar-refractivity contribution in [1.82, 2.24) is 0 Å². The molecule has 0 atom stereocenters. The molecule has 1 rings (SSSR count). The Morgan fingerprint density at radius 3 is 2.22 bits per heavy atom. The Bertz CT molecular complexity index is 513. The highest BCUT2D eigenvalue weighted by molar-refractivity contribution is 7.94. The maximum Gasteiger partial charge on any atom is 0.188 e. The maximum atomic E-state index is 10.7. The van der Waals surface area contributed by atoms with Crippen molar-refractivity contribution in [1.29, 1.82) is 5.26 Å². The molecule has 0 amide bonds. The van der Waals surface area contributed by atoms with E-state index in [4.69, 9.17) is 5.26 Å². The van der Waals surface area contributed by atoms with E-state index in [0.717, 1.165) is 12.5 Å². The van der Waals surface area contributed by atoms with Crippen LogP contribution < -0.4 is 0 Å². The molecule has 0 aromatic heterocycles. The average Bonchev–Trinajstić information content (AvgIpc) is 2.30. The lowest BCUT2D eigenvalue weighted by atomic mass is 10.2. The predicted octanol–water partition coefficient (Wildman–Crippen LogP) is 2.43. The van der Waals surface area contributed by atoms with Crippen LogP contribution in [0.15, 0.2) is 41.5 Å². The van der Waals surface area contributed by atoms with Crippen LogP contribution in [0.3, 0.4) is 0 Å². The Balaban J connectivity index is 0.000000351. The number of hydrogen-bond donors (Lipinski definition) is 0. The van der Waals surface area contributed by atoms with Crippen molar-refractivity contribution in [2.45, 2.75) is 13.8 Å². The molecule has 0 aliphatic carbocycles. The lowest BCUT2D eigenvalue weighted by Gasteiger charge is -1.94. The third-order valence-corrected chi connectivity index (χ3v) is 2.79. The van der Waals surface area contributed by atoms with E-state index in [1.54, 1.807) is 6.92 Å². The van der Waals surface area contributed by atoms with Crippen molar-refractivity contribution in [3.8, 4) is 6.07 Å². The molecule has 5 heteroatoms. The third kappa shape index (κ3) is 7.47. The van der Waals surface area contributed by atoms with Crippen molar-refractivity contribution in [3.63, 3.8) is 0 Å². The highest BCUT2D eigenvalue weighted by Gasteiger charge is 2.09. The van der Waals surface area contributed by atoms with Gasteiger partial charge < -0.3 is 4.74 Å². The first-order valence-electron chi connectivity index (χ1n) is 5.35. The minimum atomic E-state index is -3.41. The lowest BCUT2D eigenvalue weighted by molar-refractivity contribution is 0.268. The van der Waals surface area contributed by atoms with E-state index in [0.29, 0.717) is 6.61 Å². The first kappa shape index (κ1) is 16.2. The smallest absolute Gasteiger partial charge is 0.188 e. The van der Waals surface area contributed by atoms with Crippen LogP contribution in [-0.4, -0.2) is 21.3 Å². The molecule has 4 nitrogen and oxygen atoms in total. The molecule has 0 aliphatic rings. The van der Waals surface area contributed by atoms with Gasteiger partial charge in [0.1, 0.15) is 12.3 Å². The van der Waals surface area contributed by atoms with Gasteiger partial charge in [0.15, 0.2) is 14.7 Å². The van der Waals surface area contributed by atoms with Gasteiger partial charge in [-0.3, -0.25) is 0 Å². The molecule has 0 saturated carbocycles. The Hall–Kier alpha value is -1.80. The van der Waals surface area contributed by atoms with Crippen molar-refractivity contribution in [2.75, 3.05) is 12.9 Å². The van der Waals surface area contributed by atoms with Crippen molar-refractivity contribution in [3.05, 3.63) is 47.1 Å². The van der Waals surface area contributed by atoms with Gasteiger partial charge in [-0.1, -0.05) is 35.9 Å². The van der Waals surface area contributed by atoms with Crippen LogP contribution in [-0.2, 0) is 14.6 Å². The average molecular weight is 267 g/mol. The fraction of sp³-hybridized carbons (Fsp3) is 0.308. The Morgan fingerprint density at radius 2 is 1.94 bits per heavy atom. The molecular weight excluding hydrogens is 250 g/mol. The predicted molar refractivity (Wildman–Crippen MR) is 71.3 cm³/mol.